The van der Waals surface area contributed by atoms with Crippen LogP contribution >= 0.6 is 0 Å². The van der Waals surface area contributed by atoms with Crippen molar-refractivity contribution >= 4 is 11.8 Å². The van der Waals surface area contributed by atoms with Gasteiger partial charge in [-0.05, 0) is 0 Å². The molecule has 0 aliphatic rings. The average Bonchev–Trinajstić information content (AvgIpc) is 1.65. The fourth-order valence-corrected chi connectivity index (χ4v) is 0.247. The number of hydrogen-bond donors (Lipinski definition) is 2. The van der Waals surface area contributed by atoms with Gasteiger partial charge in [-0.2, -0.15) is 0 Å². The molecule has 4 heteroatoms. The molecule has 0 heterocycles. The second-order valence-electron chi connectivity index (χ2n) is 1.31. The lowest BCUT2D eigenvalue weighted by Crippen LogP contribution is -2.33. The molecule has 0 fully saturated rings. The molecule has 0 atom stereocenters. The van der Waals surface area contributed by atoms with E-state index in [1.807, 2.05) is 5.32 Å². The van der Waals surface area contributed by atoms with Crippen LogP contribution < -0.4 is 11.1 Å². The van der Waals surface area contributed by atoms with Crippen LogP contribution in [0.3, 0.4) is 0 Å². The first-order valence-electron chi connectivity index (χ1n) is 2.17. The molecule has 0 bridgehead atoms. The zero-order valence-electron chi connectivity index (χ0n) is 4.60. The zero-order valence-corrected chi connectivity index (χ0v) is 4.60. The summed E-state index contributed by atoms with van der Waals surface area (Å²) < 4.78 is 0. The monoisotopic (exact) mass is 116 g/mol. The largest absolute Gasteiger partial charge is 0.322 e. The summed E-state index contributed by atoms with van der Waals surface area (Å²) in [6.07, 6.45) is 0. The lowest BCUT2D eigenvalue weighted by Gasteiger charge is -1.93. The molecule has 3 N–H and O–H groups in total. The van der Waals surface area contributed by atoms with Crippen molar-refractivity contribution in [1.29, 1.82) is 0 Å². The molecule has 8 heavy (non-hydrogen) atoms. The lowest BCUT2D eigenvalue weighted by molar-refractivity contribution is -0.128. The van der Waals surface area contributed by atoms with E-state index in [4.69, 9.17) is 5.73 Å². The van der Waals surface area contributed by atoms with Gasteiger partial charge in [-0.15, -0.1) is 0 Å². The Balaban J connectivity index is 3.40. The highest BCUT2D eigenvalue weighted by Crippen LogP contribution is 1.59. The van der Waals surface area contributed by atoms with E-state index in [0.717, 1.165) is 0 Å². The minimum absolute atomic E-state index is 0.139. The summed E-state index contributed by atoms with van der Waals surface area (Å²) in [5.41, 5.74) is 4.86. The molecule has 0 aliphatic carbocycles. The number of carbonyl (C=O) groups excluding carboxylic acids is 2. The summed E-state index contributed by atoms with van der Waals surface area (Å²) in [6, 6.07) is 0. The van der Waals surface area contributed by atoms with Crippen molar-refractivity contribution in [1.82, 2.24) is 5.32 Å². The highest BCUT2D eigenvalue weighted by molar-refractivity contribution is 5.94. The van der Waals surface area contributed by atoms with Gasteiger partial charge in [0.05, 0.1) is 6.54 Å². The van der Waals surface area contributed by atoms with Crippen LogP contribution in [0.2, 0.25) is 0 Å². The standard InChI is InChI=1S/C4H8N2O2/c1-3(7)6-4(8)2-5/h2,5H2,1H3,(H,6,7,8). The van der Waals surface area contributed by atoms with Crippen molar-refractivity contribution in [3.8, 4) is 0 Å². The van der Waals surface area contributed by atoms with Gasteiger partial charge in [-0.1, -0.05) is 0 Å². The number of nitrogens with one attached hydrogen (secondary N) is 1. The maximum absolute atomic E-state index is 10.2. The zero-order chi connectivity index (χ0) is 6.57. The summed E-state index contributed by atoms with van der Waals surface area (Å²) in [6.45, 7) is 1.12. The highest BCUT2D eigenvalue weighted by atomic mass is 16.2. The Labute approximate surface area is 47.0 Å². The van der Waals surface area contributed by atoms with Gasteiger partial charge in [0.2, 0.25) is 11.8 Å². The van der Waals surface area contributed by atoms with Gasteiger partial charge in [-0.25, -0.2) is 0 Å². The van der Waals surface area contributed by atoms with Gasteiger partial charge in [0, 0.05) is 6.92 Å². The molecule has 0 aliphatic heterocycles. The maximum Gasteiger partial charge on any atom is 0.240 e. The Hall–Kier alpha value is -0.900. The summed E-state index contributed by atoms with van der Waals surface area (Å²) in [7, 11) is 0. The van der Waals surface area contributed by atoms with E-state index in [-0.39, 0.29) is 12.5 Å². The van der Waals surface area contributed by atoms with E-state index >= 15 is 0 Å². The van der Waals surface area contributed by atoms with E-state index in [1.165, 1.54) is 6.92 Å². The Kier molecular flexibility index (Phi) is 2.79. The molecule has 0 aromatic heterocycles. The normalized spacial score (nSPS) is 8.25. The van der Waals surface area contributed by atoms with E-state index in [2.05, 4.69) is 0 Å². The second kappa shape index (κ2) is 3.15. The number of imide groups is 1. The van der Waals surface area contributed by atoms with E-state index in [1.54, 1.807) is 0 Å². The van der Waals surface area contributed by atoms with Crippen molar-refractivity contribution < 1.29 is 9.59 Å². The Bertz CT molecular complexity index is 111. The first-order valence-corrected chi connectivity index (χ1v) is 2.17. The minimum Gasteiger partial charge on any atom is -0.322 e. The van der Waals surface area contributed by atoms with Crippen molar-refractivity contribution in [3.05, 3.63) is 0 Å². The van der Waals surface area contributed by atoms with Crippen molar-refractivity contribution in [2.24, 2.45) is 5.73 Å². The fraction of sp³-hybridized carbons (Fsp3) is 0.500. The Morgan fingerprint density at radius 1 is 1.62 bits per heavy atom. The summed E-state index contributed by atoms with van der Waals surface area (Å²) in [5.74, 6) is -0.821. The molecular weight excluding hydrogens is 108 g/mol. The second-order valence-corrected chi connectivity index (χ2v) is 1.31. The van der Waals surface area contributed by atoms with Gasteiger partial charge in [0.15, 0.2) is 0 Å². The molecule has 0 unspecified atom stereocenters. The average molecular weight is 116 g/mol. The number of nitrogens with two attached hydrogens (primary N) is 1. The predicted octanol–water partition coefficient (Wildman–Crippen LogP) is -1.39. The summed E-state index contributed by atoms with van der Waals surface area (Å²) in [5, 5.41) is 1.99. The molecule has 4 nitrogen and oxygen atoms in total. The van der Waals surface area contributed by atoms with E-state index < -0.39 is 5.91 Å². The van der Waals surface area contributed by atoms with Crippen LogP contribution in [0.25, 0.3) is 0 Å². The SMILES string of the molecule is CC(=O)NC(=O)CN. The minimum atomic E-state index is -0.447. The van der Waals surface area contributed by atoms with Crippen LogP contribution in [0.1, 0.15) is 6.92 Å². The van der Waals surface area contributed by atoms with Crippen molar-refractivity contribution in [3.63, 3.8) is 0 Å². The lowest BCUT2D eigenvalue weighted by atomic mass is 10.6. The number of hydrogen-bond acceptors (Lipinski definition) is 3. The molecule has 0 saturated carbocycles. The van der Waals surface area contributed by atoms with Crippen LogP contribution in [-0.2, 0) is 9.59 Å². The molecule has 0 spiro atoms. The van der Waals surface area contributed by atoms with E-state index in [9.17, 15) is 9.59 Å². The molecule has 0 aromatic rings. The van der Waals surface area contributed by atoms with E-state index in [0.29, 0.717) is 0 Å². The Morgan fingerprint density at radius 2 is 2.12 bits per heavy atom. The number of amides is 2. The molecule has 0 rings (SSSR count). The molecule has 2 amide bonds. The molecule has 0 aromatic carbocycles. The van der Waals surface area contributed by atoms with Gasteiger partial charge in [0.25, 0.3) is 0 Å². The molecule has 46 valence electrons. The highest BCUT2D eigenvalue weighted by Gasteiger charge is 1.96. The van der Waals surface area contributed by atoms with Crippen LogP contribution in [-0.4, -0.2) is 18.4 Å². The van der Waals surface area contributed by atoms with Crippen molar-refractivity contribution in [2.45, 2.75) is 6.92 Å². The molecular formula is C4H8N2O2. The number of rotatable bonds is 1. The number of carbonyl (C=O) groups is 2. The summed E-state index contributed by atoms with van der Waals surface area (Å²) in [4.78, 5) is 20.2. The Morgan fingerprint density at radius 3 is 2.25 bits per heavy atom. The van der Waals surface area contributed by atoms with Crippen LogP contribution in [0.15, 0.2) is 0 Å². The van der Waals surface area contributed by atoms with Gasteiger partial charge in [0.1, 0.15) is 0 Å². The topological polar surface area (TPSA) is 72.2 Å². The third-order valence-corrected chi connectivity index (χ3v) is 0.501. The first kappa shape index (κ1) is 7.10. The quantitative estimate of drug-likeness (QED) is 0.443. The molecule has 0 radical (unpaired) electrons. The predicted molar refractivity (Wildman–Crippen MR) is 27.9 cm³/mol. The first-order chi connectivity index (χ1) is 3.66. The smallest absolute Gasteiger partial charge is 0.240 e. The van der Waals surface area contributed by atoms with Gasteiger partial charge in [-0.3, -0.25) is 14.9 Å². The van der Waals surface area contributed by atoms with Crippen LogP contribution in [0, 0.1) is 0 Å². The van der Waals surface area contributed by atoms with Crippen LogP contribution in [0.5, 0.6) is 0 Å². The van der Waals surface area contributed by atoms with Crippen LogP contribution in [0.4, 0.5) is 0 Å². The summed E-state index contributed by atoms with van der Waals surface area (Å²) >= 11 is 0. The third kappa shape index (κ3) is 3.30. The maximum atomic E-state index is 10.2. The fourth-order valence-electron chi connectivity index (χ4n) is 0.247. The van der Waals surface area contributed by atoms with Crippen molar-refractivity contribution in [2.75, 3.05) is 6.54 Å². The van der Waals surface area contributed by atoms with Gasteiger partial charge < -0.3 is 5.73 Å². The third-order valence-electron chi connectivity index (χ3n) is 0.501. The van der Waals surface area contributed by atoms with Gasteiger partial charge >= 0.3 is 0 Å². The molecule has 0 saturated heterocycles.